The van der Waals surface area contributed by atoms with Crippen LogP contribution in [0.2, 0.25) is 0 Å². The summed E-state index contributed by atoms with van der Waals surface area (Å²) in [5, 5.41) is 5.01. The highest BCUT2D eigenvalue weighted by Gasteiger charge is 2.19. The molecule has 2 heterocycles. The van der Waals surface area contributed by atoms with Crippen molar-refractivity contribution in [2.75, 3.05) is 0 Å². The van der Waals surface area contributed by atoms with E-state index in [1.807, 2.05) is 60.7 Å². The van der Waals surface area contributed by atoms with Gasteiger partial charge in [0.15, 0.2) is 17.5 Å². The Morgan fingerprint density at radius 1 is 0.408 bits per heavy atom. The monoisotopic (exact) mass is 637 g/mol. The summed E-state index contributed by atoms with van der Waals surface area (Å²) in [5.41, 5.74) is 1.15. The van der Waals surface area contributed by atoms with Crippen LogP contribution >= 0.6 is 0 Å². The second kappa shape index (κ2) is 11.0. The number of furan rings is 1. The first kappa shape index (κ1) is 18.0. The summed E-state index contributed by atoms with van der Waals surface area (Å²) in [7, 11) is 0. The van der Waals surface area contributed by atoms with Gasteiger partial charge in [-0.2, -0.15) is 0 Å². The Morgan fingerprint density at radius 2 is 1.06 bits per heavy atom. The lowest BCUT2D eigenvalue weighted by Crippen LogP contribution is -2.01. The van der Waals surface area contributed by atoms with E-state index in [2.05, 4.69) is 0 Å². The molecule has 0 bridgehead atoms. The molecule has 0 fully saturated rings. The van der Waals surface area contributed by atoms with Gasteiger partial charge < -0.3 is 4.42 Å². The third kappa shape index (κ3) is 4.57. The molecule has 2 aromatic heterocycles. The van der Waals surface area contributed by atoms with Gasteiger partial charge in [-0.25, -0.2) is 15.0 Å². The lowest BCUT2D eigenvalue weighted by atomic mass is 9.96. The third-order valence-corrected chi connectivity index (χ3v) is 8.70. The first-order valence-corrected chi connectivity index (χ1v) is 15.5. The van der Waals surface area contributed by atoms with E-state index in [0.717, 1.165) is 21.5 Å². The maximum atomic E-state index is 9.24. The number of para-hydroxylation sites is 1. The van der Waals surface area contributed by atoms with Crippen LogP contribution in [-0.2, 0) is 0 Å². The van der Waals surface area contributed by atoms with E-state index >= 15 is 0 Å². The van der Waals surface area contributed by atoms with Crippen molar-refractivity contribution < 1.29 is 20.9 Å². The molecular formula is C45H27N3O. The van der Waals surface area contributed by atoms with Crippen molar-refractivity contribution in [1.29, 1.82) is 0 Å². The second-order valence-electron chi connectivity index (χ2n) is 11.5. The van der Waals surface area contributed by atoms with Crippen LogP contribution in [0.3, 0.4) is 0 Å². The van der Waals surface area contributed by atoms with Crippen LogP contribution in [0.5, 0.6) is 0 Å². The maximum Gasteiger partial charge on any atom is 0.164 e. The molecule has 0 spiro atoms. The SMILES string of the molecule is [2H]c1c([2H])c([2H])c(-c2ccc3cc(-c4nc(-c5cc6ccccc6c6ccccc56)nc(-c5c([2H])c([2H])c([2H])c6oc7c([2H])c([2H])c([2H])c([2H])c7c56)n4)ccc3c2)c([2H])c1[2H]. The lowest BCUT2D eigenvalue weighted by Gasteiger charge is -2.13. The molecule has 0 saturated heterocycles. The van der Waals surface area contributed by atoms with E-state index in [1.54, 1.807) is 30.3 Å². The Morgan fingerprint density at radius 3 is 1.92 bits per heavy atom. The van der Waals surface area contributed by atoms with Gasteiger partial charge in [0.25, 0.3) is 0 Å². The molecule has 0 N–H and O–H groups in total. The first-order valence-electron chi connectivity index (χ1n) is 21.5. The zero-order chi connectivity index (χ0) is 42.8. The summed E-state index contributed by atoms with van der Waals surface area (Å²) in [6.07, 6.45) is 0. The molecule has 0 radical (unpaired) electrons. The highest BCUT2D eigenvalue weighted by molar-refractivity contribution is 6.14. The molecule has 8 aromatic carbocycles. The van der Waals surface area contributed by atoms with Gasteiger partial charge in [0.05, 0.1) is 16.4 Å². The molecule has 0 unspecified atom stereocenters. The van der Waals surface area contributed by atoms with E-state index in [0.29, 0.717) is 27.5 Å². The van der Waals surface area contributed by atoms with Crippen molar-refractivity contribution in [2.45, 2.75) is 0 Å². The van der Waals surface area contributed by atoms with Gasteiger partial charge in [-0.05, 0) is 73.7 Å². The summed E-state index contributed by atoms with van der Waals surface area (Å²) in [6, 6.07) is 22.8. The predicted octanol–water partition coefficient (Wildman–Crippen LogP) is 11.9. The molecule has 10 rings (SSSR count). The normalized spacial score (nSPS) is 15.1. The number of hydrogen-bond acceptors (Lipinski definition) is 4. The minimum Gasteiger partial charge on any atom is -0.456 e. The largest absolute Gasteiger partial charge is 0.456 e. The number of aromatic nitrogens is 3. The minimum atomic E-state index is -0.537. The van der Waals surface area contributed by atoms with Crippen molar-refractivity contribution in [3.8, 4) is 45.3 Å². The van der Waals surface area contributed by atoms with E-state index in [9.17, 15) is 1.37 Å². The van der Waals surface area contributed by atoms with Crippen LogP contribution < -0.4 is 0 Å². The smallest absolute Gasteiger partial charge is 0.164 e. The molecule has 228 valence electrons. The van der Waals surface area contributed by atoms with Gasteiger partial charge in [-0.1, -0.05) is 133 Å². The molecule has 0 aliphatic carbocycles. The average molecular weight is 638 g/mol. The topological polar surface area (TPSA) is 51.8 Å². The predicted molar refractivity (Wildman–Crippen MR) is 201 cm³/mol. The highest BCUT2D eigenvalue weighted by Crippen LogP contribution is 2.39. The number of hydrogen-bond donors (Lipinski definition) is 0. The third-order valence-electron chi connectivity index (χ3n) is 8.70. The Hall–Kier alpha value is -6.65. The molecule has 0 aliphatic rings. The van der Waals surface area contributed by atoms with Crippen LogP contribution in [0.25, 0.3) is 99.5 Å². The van der Waals surface area contributed by atoms with Gasteiger partial charge in [0, 0.05) is 27.5 Å². The average Bonchev–Trinajstić information content (AvgIpc) is 3.68. The van der Waals surface area contributed by atoms with E-state index in [1.165, 1.54) is 0 Å². The van der Waals surface area contributed by atoms with Crippen molar-refractivity contribution in [3.05, 3.63) is 164 Å². The zero-order valence-corrected chi connectivity index (χ0v) is 25.4. The maximum absolute atomic E-state index is 9.24. The molecule has 10 aromatic rings. The Kier molecular flexibility index (Phi) is 4.04. The Labute approximate surface area is 298 Å². The Balaban J connectivity index is 1.26. The highest BCUT2D eigenvalue weighted by atomic mass is 16.3. The number of nitrogens with zero attached hydrogens (tertiary/aromatic N) is 3. The molecular weight excluding hydrogens is 599 g/mol. The summed E-state index contributed by atoms with van der Waals surface area (Å²) in [5.74, 6) is 0.285. The van der Waals surface area contributed by atoms with Crippen LogP contribution in [0.15, 0.2) is 168 Å². The fourth-order valence-electron chi connectivity index (χ4n) is 6.44. The van der Waals surface area contributed by atoms with Gasteiger partial charge in [-0.3, -0.25) is 0 Å². The standard InChI is InChI=1S/C45H27N3O/c1-2-11-28(12-3-1)29-21-22-31-26-33(24-23-30(31)25-29)43-46-44(38-18-10-20-41-42(38)37-17-8-9-19-40(37)49-41)48-45(47-43)39-27-32-13-4-5-14-34(32)35-15-6-7-16-36(35)39/h1-27H/i1D,2D,3D,8D,9D,10D,11D,12D,17D,18D,19D,20D. The van der Waals surface area contributed by atoms with Crippen molar-refractivity contribution in [3.63, 3.8) is 0 Å². The zero-order valence-electron chi connectivity index (χ0n) is 37.4. The Bertz CT molecular complexity index is 3560. The summed E-state index contributed by atoms with van der Waals surface area (Å²) >= 11 is 0. The number of benzene rings is 8. The van der Waals surface area contributed by atoms with Crippen LogP contribution in [0, 0.1) is 0 Å². The fraction of sp³-hybridized carbons (Fsp3) is 0. The van der Waals surface area contributed by atoms with E-state index in [4.69, 9.17) is 34.4 Å². The summed E-state index contributed by atoms with van der Waals surface area (Å²) in [6.45, 7) is 0. The molecule has 4 heteroatoms. The lowest BCUT2D eigenvalue weighted by molar-refractivity contribution is 0.669. The number of fused-ring (bicyclic) bond motifs is 7. The molecule has 0 aliphatic heterocycles. The molecule has 0 saturated carbocycles. The molecule has 0 atom stereocenters. The van der Waals surface area contributed by atoms with Crippen LogP contribution in [0.1, 0.15) is 16.4 Å². The summed E-state index contributed by atoms with van der Waals surface area (Å²) in [4.78, 5) is 14.9. The van der Waals surface area contributed by atoms with E-state index in [-0.39, 0.29) is 62.6 Å². The van der Waals surface area contributed by atoms with E-state index < -0.39 is 60.4 Å². The van der Waals surface area contributed by atoms with Crippen molar-refractivity contribution in [2.24, 2.45) is 0 Å². The van der Waals surface area contributed by atoms with Crippen LogP contribution in [0.4, 0.5) is 0 Å². The van der Waals surface area contributed by atoms with Gasteiger partial charge >= 0.3 is 0 Å². The number of rotatable bonds is 4. The quantitative estimate of drug-likeness (QED) is 0.180. The fourth-order valence-corrected chi connectivity index (χ4v) is 6.44. The van der Waals surface area contributed by atoms with Gasteiger partial charge in [-0.15, -0.1) is 0 Å². The second-order valence-corrected chi connectivity index (χ2v) is 11.5. The van der Waals surface area contributed by atoms with Crippen molar-refractivity contribution in [1.82, 2.24) is 15.0 Å². The minimum absolute atomic E-state index is 0.00170. The van der Waals surface area contributed by atoms with Crippen LogP contribution in [-0.4, -0.2) is 15.0 Å². The summed E-state index contributed by atoms with van der Waals surface area (Å²) < 4.78 is 108. The van der Waals surface area contributed by atoms with Gasteiger partial charge in [0.1, 0.15) is 11.2 Å². The van der Waals surface area contributed by atoms with Gasteiger partial charge in [0.2, 0.25) is 0 Å². The first-order chi connectivity index (χ1) is 29.2. The van der Waals surface area contributed by atoms with Crippen molar-refractivity contribution >= 4 is 54.3 Å². The molecule has 49 heavy (non-hydrogen) atoms. The molecule has 4 nitrogen and oxygen atoms in total. The molecule has 0 amide bonds.